The largest absolute Gasteiger partial charge is 0.481 e. The molecule has 7 nitrogen and oxygen atoms in total. The van der Waals surface area contributed by atoms with Gasteiger partial charge in [0.15, 0.2) is 0 Å². The van der Waals surface area contributed by atoms with Crippen LogP contribution < -0.4 is 11.1 Å². The van der Waals surface area contributed by atoms with Crippen LogP contribution in [0.1, 0.15) is 35.2 Å². The Morgan fingerprint density at radius 1 is 1.33 bits per heavy atom. The SMILES string of the molecule is Cc1cc(NC(=O)N2C[C@@H]3CCC[C@@]3(C(=O)O)C2)cc(C(N)=O)c1. The molecule has 0 spiro atoms. The fourth-order valence-corrected chi connectivity index (χ4v) is 3.99. The Hall–Kier alpha value is -2.57. The Balaban J connectivity index is 1.75. The number of primary amides is 1. The first-order valence-electron chi connectivity index (χ1n) is 8.03. The predicted molar refractivity (Wildman–Crippen MR) is 87.7 cm³/mol. The average Bonchev–Trinajstić information content (AvgIpc) is 3.04. The van der Waals surface area contributed by atoms with Crippen molar-refractivity contribution >= 4 is 23.6 Å². The number of anilines is 1. The van der Waals surface area contributed by atoms with Crippen molar-refractivity contribution < 1.29 is 19.5 Å². The van der Waals surface area contributed by atoms with Gasteiger partial charge in [-0.15, -0.1) is 0 Å². The number of nitrogens with two attached hydrogens (primary N) is 1. The number of aliphatic carboxylic acids is 1. The Kier molecular flexibility index (Phi) is 3.95. The molecule has 0 aromatic heterocycles. The molecule has 1 aromatic rings. The van der Waals surface area contributed by atoms with Crippen LogP contribution in [0, 0.1) is 18.3 Å². The number of hydrogen-bond acceptors (Lipinski definition) is 3. The van der Waals surface area contributed by atoms with Gasteiger partial charge in [0.25, 0.3) is 0 Å². The second-order valence-electron chi connectivity index (χ2n) is 6.81. The fourth-order valence-electron chi connectivity index (χ4n) is 3.99. The van der Waals surface area contributed by atoms with Crippen LogP contribution in [0.3, 0.4) is 0 Å². The Labute approximate surface area is 139 Å². The van der Waals surface area contributed by atoms with E-state index < -0.39 is 17.3 Å². The summed E-state index contributed by atoms with van der Waals surface area (Å²) >= 11 is 0. The van der Waals surface area contributed by atoms with Crippen LogP contribution in [-0.4, -0.2) is 41.0 Å². The molecular weight excluding hydrogens is 310 g/mol. The molecule has 4 N–H and O–H groups in total. The van der Waals surface area contributed by atoms with Crippen molar-refractivity contribution in [2.24, 2.45) is 17.1 Å². The second-order valence-corrected chi connectivity index (χ2v) is 6.81. The van der Waals surface area contributed by atoms with Gasteiger partial charge in [-0.1, -0.05) is 6.42 Å². The first-order valence-corrected chi connectivity index (χ1v) is 8.03. The fraction of sp³-hybridized carbons (Fsp3) is 0.471. The third kappa shape index (κ3) is 2.70. The Morgan fingerprint density at radius 2 is 2.08 bits per heavy atom. The van der Waals surface area contributed by atoms with Gasteiger partial charge in [0.05, 0.1) is 5.41 Å². The van der Waals surface area contributed by atoms with E-state index >= 15 is 0 Å². The van der Waals surface area contributed by atoms with E-state index in [4.69, 9.17) is 5.73 Å². The first kappa shape index (κ1) is 16.3. The number of fused-ring (bicyclic) bond motifs is 1. The number of carboxylic acid groups (broad SMARTS) is 1. The maximum Gasteiger partial charge on any atom is 0.321 e. The summed E-state index contributed by atoms with van der Waals surface area (Å²) in [5.74, 6) is -1.36. The number of likely N-dealkylation sites (tertiary alicyclic amines) is 1. The molecule has 0 radical (unpaired) electrons. The lowest BCUT2D eigenvalue weighted by molar-refractivity contribution is -0.149. The molecule has 0 bridgehead atoms. The zero-order chi connectivity index (χ0) is 17.5. The van der Waals surface area contributed by atoms with Gasteiger partial charge < -0.3 is 21.1 Å². The van der Waals surface area contributed by atoms with E-state index in [9.17, 15) is 19.5 Å². The summed E-state index contributed by atoms with van der Waals surface area (Å²) in [6.45, 7) is 2.49. The molecule has 128 valence electrons. The smallest absolute Gasteiger partial charge is 0.321 e. The van der Waals surface area contributed by atoms with E-state index in [1.165, 1.54) is 6.07 Å². The predicted octanol–water partition coefficient (Wildman–Crippen LogP) is 1.81. The molecule has 1 saturated carbocycles. The summed E-state index contributed by atoms with van der Waals surface area (Å²) in [7, 11) is 0. The highest BCUT2D eigenvalue weighted by Crippen LogP contribution is 2.48. The summed E-state index contributed by atoms with van der Waals surface area (Å²) in [6.07, 6.45) is 2.35. The lowest BCUT2D eigenvalue weighted by Crippen LogP contribution is -2.38. The van der Waals surface area contributed by atoms with E-state index in [-0.39, 0.29) is 18.5 Å². The van der Waals surface area contributed by atoms with Crippen LogP contribution in [0.15, 0.2) is 18.2 Å². The van der Waals surface area contributed by atoms with E-state index in [1.807, 2.05) is 6.92 Å². The molecule has 0 unspecified atom stereocenters. The summed E-state index contributed by atoms with van der Waals surface area (Å²) in [5.41, 5.74) is 6.10. The molecule has 2 aliphatic rings. The van der Waals surface area contributed by atoms with Gasteiger partial charge in [-0.05, 0) is 49.4 Å². The van der Waals surface area contributed by atoms with E-state index in [1.54, 1.807) is 17.0 Å². The number of amides is 3. The van der Waals surface area contributed by atoms with Crippen LogP contribution in [0.25, 0.3) is 0 Å². The van der Waals surface area contributed by atoms with Gasteiger partial charge in [-0.25, -0.2) is 4.79 Å². The summed E-state index contributed by atoms with van der Waals surface area (Å²) in [6, 6.07) is 4.58. The minimum Gasteiger partial charge on any atom is -0.481 e. The highest BCUT2D eigenvalue weighted by Gasteiger charge is 2.55. The van der Waals surface area contributed by atoms with E-state index in [2.05, 4.69) is 5.32 Å². The maximum absolute atomic E-state index is 12.5. The first-order chi connectivity index (χ1) is 11.3. The quantitative estimate of drug-likeness (QED) is 0.784. The van der Waals surface area contributed by atoms with Crippen LogP contribution in [0.2, 0.25) is 0 Å². The number of aryl methyl sites for hydroxylation is 1. The minimum atomic E-state index is -0.813. The van der Waals surface area contributed by atoms with Crippen molar-refractivity contribution in [2.45, 2.75) is 26.2 Å². The number of nitrogens with zero attached hydrogens (tertiary/aromatic N) is 1. The lowest BCUT2D eigenvalue weighted by atomic mass is 9.81. The van der Waals surface area contributed by atoms with E-state index in [0.717, 1.165) is 18.4 Å². The molecule has 1 heterocycles. The Morgan fingerprint density at radius 3 is 2.71 bits per heavy atom. The lowest BCUT2D eigenvalue weighted by Gasteiger charge is -2.23. The molecule has 24 heavy (non-hydrogen) atoms. The molecule has 3 rings (SSSR count). The van der Waals surface area contributed by atoms with Crippen molar-refractivity contribution in [1.29, 1.82) is 0 Å². The number of hydrogen-bond donors (Lipinski definition) is 3. The highest BCUT2D eigenvalue weighted by molar-refractivity contribution is 5.96. The van der Waals surface area contributed by atoms with Gasteiger partial charge in [0.2, 0.25) is 5.91 Å². The number of rotatable bonds is 3. The van der Waals surface area contributed by atoms with Crippen LogP contribution in [0.5, 0.6) is 0 Å². The maximum atomic E-state index is 12.5. The van der Waals surface area contributed by atoms with Crippen molar-refractivity contribution in [3.05, 3.63) is 29.3 Å². The normalized spacial score (nSPS) is 25.4. The standard InChI is InChI=1S/C17H21N3O4/c1-10-5-11(14(18)21)7-13(6-10)19-16(24)20-8-12-3-2-4-17(12,9-20)15(22)23/h5-7,12H,2-4,8-9H2,1H3,(H2,18,21)(H,19,24)(H,22,23)/t12-,17+/m0/s1. The van der Waals surface area contributed by atoms with Crippen LogP contribution in [-0.2, 0) is 4.79 Å². The molecule has 1 saturated heterocycles. The van der Waals surface area contributed by atoms with Gasteiger partial charge >= 0.3 is 12.0 Å². The van der Waals surface area contributed by atoms with Gasteiger partial charge in [-0.3, -0.25) is 9.59 Å². The topological polar surface area (TPSA) is 113 Å². The van der Waals surface area contributed by atoms with Crippen molar-refractivity contribution in [3.8, 4) is 0 Å². The zero-order valence-corrected chi connectivity index (χ0v) is 13.5. The highest BCUT2D eigenvalue weighted by atomic mass is 16.4. The second kappa shape index (κ2) is 5.81. The van der Waals surface area contributed by atoms with E-state index in [0.29, 0.717) is 24.2 Å². The molecule has 7 heteroatoms. The van der Waals surface area contributed by atoms with Gasteiger partial charge in [0, 0.05) is 24.3 Å². The van der Waals surface area contributed by atoms with Crippen molar-refractivity contribution in [2.75, 3.05) is 18.4 Å². The molecule has 3 amide bonds. The van der Waals surface area contributed by atoms with Gasteiger partial charge in [0.1, 0.15) is 0 Å². The monoisotopic (exact) mass is 331 g/mol. The zero-order valence-electron chi connectivity index (χ0n) is 13.5. The summed E-state index contributed by atoms with van der Waals surface area (Å²) < 4.78 is 0. The van der Waals surface area contributed by atoms with Crippen LogP contribution >= 0.6 is 0 Å². The molecule has 1 aliphatic heterocycles. The molecule has 1 aliphatic carbocycles. The number of carboxylic acids is 1. The number of nitrogens with one attached hydrogen (secondary N) is 1. The van der Waals surface area contributed by atoms with Crippen LogP contribution in [0.4, 0.5) is 10.5 Å². The average molecular weight is 331 g/mol. The number of benzene rings is 1. The van der Waals surface area contributed by atoms with Crippen molar-refractivity contribution in [1.82, 2.24) is 4.90 Å². The third-order valence-electron chi connectivity index (χ3n) is 5.20. The summed E-state index contributed by atoms with van der Waals surface area (Å²) in [4.78, 5) is 37.1. The number of carbonyl (C=O) groups is 3. The number of urea groups is 1. The minimum absolute atomic E-state index is 0.0134. The summed E-state index contributed by atoms with van der Waals surface area (Å²) in [5, 5.41) is 12.3. The van der Waals surface area contributed by atoms with Gasteiger partial charge in [-0.2, -0.15) is 0 Å². The Bertz CT molecular complexity index is 718. The number of carbonyl (C=O) groups excluding carboxylic acids is 2. The molecule has 2 atom stereocenters. The molecular formula is C17H21N3O4. The molecule has 1 aromatic carbocycles. The third-order valence-corrected chi connectivity index (χ3v) is 5.20. The molecule has 2 fully saturated rings. The van der Waals surface area contributed by atoms with Crippen molar-refractivity contribution in [3.63, 3.8) is 0 Å².